The molecule has 0 amide bonds. The number of rotatable bonds is 8. The third-order valence-electron chi connectivity index (χ3n) is 3.09. The summed E-state index contributed by atoms with van der Waals surface area (Å²) in [6, 6.07) is 9.64. The molecule has 0 bridgehead atoms. The molecule has 1 atom stereocenters. The summed E-state index contributed by atoms with van der Waals surface area (Å²) in [5.74, 6) is 3.24. The average molecular weight is 265 g/mol. The lowest BCUT2D eigenvalue weighted by Crippen LogP contribution is -2.30. The number of thioether (sulfide) groups is 1. The molecular formula is C16H27NS. The van der Waals surface area contributed by atoms with Gasteiger partial charge in [0.05, 0.1) is 0 Å². The Balaban J connectivity index is 2.41. The van der Waals surface area contributed by atoms with Gasteiger partial charge in [-0.1, -0.05) is 45.0 Å². The highest BCUT2D eigenvalue weighted by Gasteiger charge is 2.08. The standard InChI is InChI=1S/C16H27NS/c1-5-14-6-8-15(9-7-14)10-16(17-4)12-18-11-13(2)3/h6-9,13,16-17H,5,10-12H2,1-4H3. The predicted octanol–water partition coefficient (Wildman–Crippen LogP) is 3.77. The Hall–Kier alpha value is -0.470. The van der Waals surface area contributed by atoms with Gasteiger partial charge in [0, 0.05) is 11.8 Å². The average Bonchev–Trinajstić information content (AvgIpc) is 2.38. The van der Waals surface area contributed by atoms with E-state index in [9.17, 15) is 0 Å². The molecule has 18 heavy (non-hydrogen) atoms. The van der Waals surface area contributed by atoms with Gasteiger partial charge in [-0.15, -0.1) is 0 Å². The second kappa shape index (κ2) is 8.60. The van der Waals surface area contributed by atoms with Crippen molar-refractivity contribution < 1.29 is 0 Å². The fourth-order valence-corrected chi connectivity index (χ4v) is 3.06. The van der Waals surface area contributed by atoms with Crippen LogP contribution in [0.2, 0.25) is 0 Å². The quantitative estimate of drug-likeness (QED) is 0.768. The lowest BCUT2D eigenvalue weighted by atomic mass is 10.0. The molecule has 1 unspecified atom stereocenters. The summed E-state index contributed by atoms with van der Waals surface area (Å²) < 4.78 is 0. The van der Waals surface area contributed by atoms with Crippen molar-refractivity contribution in [1.29, 1.82) is 0 Å². The minimum absolute atomic E-state index is 0.584. The van der Waals surface area contributed by atoms with E-state index in [0.717, 1.165) is 18.8 Å². The molecule has 0 radical (unpaired) electrons. The molecule has 0 spiro atoms. The van der Waals surface area contributed by atoms with Gasteiger partial charge in [0.2, 0.25) is 0 Å². The zero-order valence-corrected chi connectivity index (χ0v) is 13.0. The molecule has 1 aromatic carbocycles. The molecule has 0 fully saturated rings. The molecule has 0 aliphatic heterocycles. The van der Waals surface area contributed by atoms with E-state index in [0.29, 0.717) is 6.04 Å². The molecule has 1 rings (SSSR count). The third kappa shape index (κ3) is 5.92. The smallest absolute Gasteiger partial charge is 0.0195 e. The van der Waals surface area contributed by atoms with Crippen LogP contribution >= 0.6 is 11.8 Å². The van der Waals surface area contributed by atoms with Crippen LogP contribution in [-0.4, -0.2) is 24.6 Å². The third-order valence-corrected chi connectivity index (χ3v) is 4.63. The van der Waals surface area contributed by atoms with Crippen molar-refractivity contribution in [3.63, 3.8) is 0 Å². The van der Waals surface area contributed by atoms with Gasteiger partial charge in [-0.25, -0.2) is 0 Å². The van der Waals surface area contributed by atoms with Crippen LogP contribution in [0.3, 0.4) is 0 Å². The number of hydrogen-bond acceptors (Lipinski definition) is 2. The van der Waals surface area contributed by atoms with Crippen LogP contribution in [0.1, 0.15) is 31.9 Å². The Kier molecular flexibility index (Phi) is 7.45. The van der Waals surface area contributed by atoms with Crippen LogP contribution < -0.4 is 5.32 Å². The summed E-state index contributed by atoms with van der Waals surface area (Å²) >= 11 is 2.06. The van der Waals surface area contributed by atoms with Gasteiger partial charge >= 0.3 is 0 Å². The number of aryl methyl sites for hydroxylation is 1. The molecule has 0 saturated carbocycles. The fourth-order valence-electron chi connectivity index (χ4n) is 1.89. The van der Waals surface area contributed by atoms with Crippen LogP contribution in [0.4, 0.5) is 0 Å². The highest BCUT2D eigenvalue weighted by molar-refractivity contribution is 7.99. The van der Waals surface area contributed by atoms with E-state index in [1.54, 1.807) is 0 Å². The first kappa shape index (κ1) is 15.6. The normalized spacial score (nSPS) is 12.9. The number of hydrogen-bond donors (Lipinski definition) is 1. The molecule has 0 heterocycles. The summed E-state index contributed by atoms with van der Waals surface area (Å²) in [6.07, 6.45) is 2.26. The molecule has 0 aliphatic carbocycles. The van der Waals surface area contributed by atoms with Gasteiger partial charge in [-0.2, -0.15) is 11.8 Å². The molecule has 1 nitrogen and oxygen atoms in total. The van der Waals surface area contributed by atoms with Crippen molar-refractivity contribution in [1.82, 2.24) is 5.32 Å². The van der Waals surface area contributed by atoms with E-state index < -0.39 is 0 Å². The molecule has 102 valence electrons. The highest BCUT2D eigenvalue weighted by Crippen LogP contribution is 2.13. The molecule has 0 aromatic heterocycles. The van der Waals surface area contributed by atoms with Crippen molar-refractivity contribution in [3.05, 3.63) is 35.4 Å². The maximum absolute atomic E-state index is 3.43. The SMILES string of the molecule is CCc1ccc(CC(CSCC(C)C)NC)cc1. The monoisotopic (exact) mass is 265 g/mol. The number of benzene rings is 1. The lowest BCUT2D eigenvalue weighted by molar-refractivity contribution is 0.615. The first-order valence-electron chi connectivity index (χ1n) is 6.98. The second-order valence-electron chi connectivity index (χ2n) is 5.29. The zero-order chi connectivity index (χ0) is 13.4. The van der Waals surface area contributed by atoms with Crippen LogP contribution in [0.5, 0.6) is 0 Å². The second-order valence-corrected chi connectivity index (χ2v) is 6.37. The van der Waals surface area contributed by atoms with Crippen molar-refractivity contribution in [2.24, 2.45) is 5.92 Å². The predicted molar refractivity (Wildman–Crippen MR) is 84.5 cm³/mol. The molecule has 1 aromatic rings. The van der Waals surface area contributed by atoms with E-state index in [4.69, 9.17) is 0 Å². The maximum atomic E-state index is 3.43. The van der Waals surface area contributed by atoms with Crippen LogP contribution in [0, 0.1) is 5.92 Å². The Morgan fingerprint density at radius 3 is 2.17 bits per heavy atom. The summed E-state index contributed by atoms with van der Waals surface area (Å²) in [4.78, 5) is 0. The Morgan fingerprint density at radius 1 is 1.06 bits per heavy atom. The van der Waals surface area contributed by atoms with Gasteiger partial charge in [-0.05, 0) is 42.7 Å². The van der Waals surface area contributed by atoms with Gasteiger partial charge < -0.3 is 5.32 Å². The number of nitrogens with one attached hydrogen (secondary N) is 1. The van der Waals surface area contributed by atoms with Crippen LogP contribution in [0.15, 0.2) is 24.3 Å². The summed E-state index contributed by atoms with van der Waals surface area (Å²) in [7, 11) is 2.07. The first-order valence-corrected chi connectivity index (χ1v) is 8.14. The first-order chi connectivity index (χ1) is 8.65. The highest BCUT2D eigenvalue weighted by atomic mass is 32.2. The van der Waals surface area contributed by atoms with E-state index in [-0.39, 0.29) is 0 Å². The molecular weight excluding hydrogens is 238 g/mol. The summed E-state index contributed by atoms with van der Waals surface area (Å²) in [5, 5.41) is 3.43. The van der Waals surface area contributed by atoms with Crippen molar-refractivity contribution in [2.75, 3.05) is 18.6 Å². The largest absolute Gasteiger partial charge is 0.316 e. The Labute approximate surface area is 117 Å². The fraction of sp³-hybridized carbons (Fsp3) is 0.625. The van der Waals surface area contributed by atoms with Gasteiger partial charge in [0.15, 0.2) is 0 Å². The molecule has 2 heteroatoms. The van der Waals surface area contributed by atoms with Crippen molar-refractivity contribution in [2.45, 2.75) is 39.7 Å². The van der Waals surface area contributed by atoms with Crippen LogP contribution in [-0.2, 0) is 12.8 Å². The van der Waals surface area contributed by atoms with E-state index in [2.05, 4.69) is 69.2 Å². The summed E-state index contributed by atoms with van der Waals surface area (Å²) in [5.41, 5.74) is 2.87. The Bertz CT molecular complexity index is 318. The lowest BCUT2D eigenvalue weighted by Gasteiger charge is -2.16. The van der Waals surface area contributed by atoms with Crippen molar-refractivity contribution in [3.8, 4) is 0 Å². The van der Waals surface area contributed by atoms with E-state index in [1.165, 1.54) is 22.6 Å². The Morgan fingerprint density at radius 2 is 1.67 bits per heavy atom. The van der Waals surface area contributed by atoms with Gasteiger partial charge in [0.1, 0.15) is 0 Å². The number of likely N-dealkylation sites (N-methyl/N-ethyl adjacent to an activating group) is 1. The molecule has 0 aliphatic rings. The molecule has 1 N–H and O–H groups in total. The van der Waals surface area contributed by atoms with Gasteiger partial charge in [0.25, 0.3) is 0 Å². The maximum Gasteiger partial charge on any atom is 0.0195 e. The molecule has 0 saturated heterocycles. The topological polar surface area (TPSA) is 12.0 Å². The minimum atomic E-state index is 0.584. The van der Waals surface area contributed by atoms with Gasteiger partial charge in [-0.3, -0.25) is 0 Å². The minimum Gasteiger partial charge on any atom is -0.316 e. The summed E-state index contributed by atoms with van der Waals surface area (Å²) in [6.45, 7) is 6.77. The van der Waals surface area contributed by atoms with E-state index in [1.807, 2.05) is 0 Å². The van der Waals surface area contributed by atoms with Crippen LogP contribution in [0.25, 0.3) is 0 Å². The zero-order valence-electron chi connectivity index (χ0n) is 12.2. The van der Waals surface area contributed by atoms with Crippen molar-refractivity contribution >= 4 is 11.8 Å². The van der Waals surface area contributed by atoms with E-state index >= 15 is 0 Å².